The second-order valence-electron chi connectivity index (χ2n) is 15.7. The van der Waals surface area contributed by atoms with Gasteiger partial charge in [0.25, 0.3) is 0 Å². The number of rotatable bonds is 8. The molecule has 0 bridgehead atoms. The first-order valence-electron chi connectivity index (χ1n) is 20.0. The van der Waals surface area contributed by atoms with Crippen molar-refractivity contribution in [3.63, 3.8) is 0 Å². The molecule has 0 spiro atoms. The van der Waals surface area contributed by atoms with Crippen molar-refractivity contribution in [3.05, 3.63) is 199 Å². The maximum atomic E-state index is 15.9. The lowest BCUT2D eigenvalue weighted by atomic mass is 9.84. The first kappa shape index (κ1) is 56.7. The molecule has 0 aromatic heterocycles. The minimum atomic E-state index is -3.27. The average molecular weight is 1170 g/mol. The van der Waals surface area contributed by atoms with Crippen LogP contribution in [0.4, 0.5) is 143 Å². The highest BCUT2D eigenvalue weighted by molar-refractivity contribution is 6.01. The summed E-state index contributed by atoms with van der Waals surface area (Å²) in [5.41, 5.74) is -35.5. The van der Waals surface area contributed by atoms with E-state index in [4.69, 9.17) is 0 Å². The zero-order valence-electron chi connectivity index (χ0n) is 36.1. The molecule has 1 N–H and O–H groups in total. The molecule has 0 saturated carbocycles. The molecule has 0 radical (unpaired) electrons. The van der Waals surface area contributed by atoms with Crippen LogP contribution in [0, 0.1) is 175 Å². The van der Waals surface area contributed by atoms with Gasteiger partial charge in [0.2, 0.25) is 34.9 Å². The predicted molar refractivity (Wildman–Crippen MR) is 208 cm³/mol. The summed E-state index contributed by atoms with van der Waals surface area (Å²) in [5, 5.41) is 1.53. The smallest absolute Gasteiger partial charge is 0.200 e. The largest absolute Gasteiger partial charge is 0.355 e. The minimum Gasteiger partial charge on any atom is -0.355 e. The predicted octanol–water partition coefficient (Wildman–Crippen LogP) is 17.6. The van der Waals surface area contributed by atoms with Gasteiger partial charge in [0, 0.05) is 22.5 Å². The van der Waals surface area contributed by atoms with Crippen molar-refractivity contribution in [2.45, 2.75) is 0 Å². The summed E-state index contributed by atoms with van der Waals surface area (Å²) in [6.07, 6.45) is 0. The van der Waals surface area contributed by atoms with Gasteiger partial charge in [0.05, 0.1) is 33.4 Å². The second kappa shape index (κ2) is 19.7. The van der Waals surface area contributed by atoms with Crippen LogP contribution in [-0.2, 0) is 0 Å². The molecule has 0 fully saturated rings. The summed E-state index contributed by atoms with van der Waals surface area (Å²) in [5.74, 6) is -97.2. The van der Waals surface area contributed by atoms with E-state index in [0.717, 1.165) is 0 Å². The quantitative estimate of drug-likeness (QED) is 0.0908. The summed E-state index contributed by atoms with van der Waals surface area (Å²) in [6.45, 7) is 0. The van der Waals surface area contributed by atoms with Crippen molar-refractivity contribution < 1.29 is 132 Å². The maximum Gasteiger partial charge on any atom is 0.200 e. The molecular formula is C48H5F30N. The van der Waals surface area contributed by atoms with Crippen molar-refractivity contribution >= 4 is 11.4 Å². The minimum absolute atomic E-state index is 0.477. The van der Waals surface area contributed by atoms with E-state index >= 15 is 87.8 Å². The van der Waals surface area contributed by atoms with Crippen molar-refractivity contribution in [2.24, 2.45) is 0 Å². The van der Waals surface area contributed by atoms with Crippen LogP contribution in [0.5, 0.6) is 0 Å². The zero-order chi connectivity index (χ0) is 58.9. The highest BCUT2D eigenvalue weighted by Gasteiger charge is 2.40. The Hall–Kier alpha value is -8.54. The van der Waals surface area contributed by atoms with Crippen molar-refractivity contribution in [1.82, 2.24) is 0 Å². The molecule has 412 valence electrons. The number of hydrogen-bond acceptors (Lipinski definition) is 1. The molecule has 0 atom stereocenters. The standard InChI is InChI=1S/C48H5F30N/c49-19-13(20(50)32(62)43(73)31(19)61)7-1-5(2-8(14-21(51)33(63)44(74)34(64)22(14)52)11(7)17-27(57)39(69)47(77)40(70)28(17)58)79-6-3-9(15-23(53)35(65)45(75)36(66)24(15)54)12(18-29(59)41(71)48(78)42(72)30(18)60)10(4-6)16-25(55)37(67)46(76)38(68)26(16)56/h1-4,79H. The van der Waals surface area contributed by atoms with Crippen molar-refractivity contribution in [1.29, 1.82) is 0 Å². The van der Waals surface area contributed by atoms with E-state index in [-0.39, 0.29) is 0 Å². The Labute approximate surface area is 413 Å². The van der Waals surface area contributed by atoms with Gasteiger partial charge in [-0.2, -0.15) is 0 Å². The van der Waals surface area contributed by atoms with Crippen LogP contribution in [0.25, 0.3) is 66.8 Å². The summed E-state index contributed by atoms with van der Waals surface area (Å²) in [4.78, 5) is 0. The van der Waals surface area contributed by atoms with E-state index < -0.39 is 277 Å². The fourth-order valence-corrected chi connectivity index (χ4v) is 7.94. The topological polar surface area (TPSA) is 12.0 Å². The van der Waals surface area contributed by atoms with Gasteiger partial charge in [-0.15, -0.1) is 0 Å². The summed E-state index contributed by atoms with van der Waals surface area (Å²) < 4.78 is 457. The first-order chi connectivity index (χ1) is 36.7. The van der Waals surface area contributed by atoms with Crippen LogP contribution < -0.4 is 5.32 Å². The zero-order valence-corrected chi connectivity index (χ0v) is 36.1. The molecule has 0 saturated heterocycles. The maximum absolute atomic E-state index is 15.9. The van der Waals surface area contributed by atoms with Crippen molar-refractivity contribution in [2.75, 3.05) is 5.32 Å². The molecule has 0 aliphatic heterocycles. The number of nitrogens with one attached hydrogen (secondary N) is 1. The van der Waals surface area contributed by atoms with Gasteiger partial charge in [-0.1, -0.05) is 0 Å². The Morgan fingerprint density at radius 3 is 0.392 bits per heavy atom. The van der Waals surface area contributed by atoms with Gasteiger partial charge in [-0.25, -0.2) is 132 Å². The summed E-state index contributed by atoms with van der Waals surface area (Å²) >= 11 is 0. The normalized spacial score (nSPS) is 11.7. The molecule has 31 heteroatoms. The summed E-state index contributed by atoms with van der Waals surface area (Å²) in [7, 11) is 0. The molecule has 1 nitrogen and oxygen atoms in total. The van der Waals surface area contributed by atoms with Crippen LogP contribution in [0.1, 0.15) is 0 Å². The average Bonchev–Trinajstić information content (AvgIpc) is 3.53. The third-order valence-corrected chi connectivity index (χ3v) is 11.4. The molecule has 8 rings (SSSR count). The molecule has 0 amide bonds. The van der Waals surface area contributed by atoms with Crippen molar-refractivity contribution in [3.8, 4) is 66.8 Å². The van der Waals surface area contributed by atoms with Gasteiger partial charge < -0.3 is 5.32 Å². The first-order valence-corrected chi connectivity index (χ1v) is 20.0. The van der Waals surface area contributed by atoms with E-state index in [1.54, 1.807) is 0 Å². The molecule has 0 aliphatic rings. The molecule has 0 aliphatic carbocycles. The molecule has 79 heavy (non-hydrogen) atoms. The monoisotopic (exact) mass is 1160 g/mol. The Morgan fingerprint density at radius 2 is 0.253 bits per heavy atom. The Balaban J connectivity index is 1.67. The van der Waals surface area contributed by atoms with E-state index in [1.165, 1.54) is 5.32 Å². The highest BCUT2D eigenvalue weighted by Crippen LogP contribution is 2.52. The Morgan fingerprint density at radius 1 is 0.139 bits per heavy atom. The van der Waals surface area contributed by atoms with Gasteiger partial charge in [0.15, 0.2) is 140 Å². The number of benzene rings is 8. The van der Waals surface area contributed by atoms with Crippen LogP contribution in [-0.4, -0.2) is 0 Å². The molecule has 8 aromatic rings. The van der Waals surface area contributed by atoms with Gasteiger partial charge in [0.1, 0.15) is 0 Å². The van der Waals surface area contributed by atoms with E-state index in [0.29, 0.717) is 0 Å². The van der Waals surface area contributed by atoms with Gasteiger partial charge in [-0.3, -0.25) is 0 Å². The third kappa shape index (κ3) is 8.27. The molecule has 0 unspecified atom stereocenters. The number of halogens is 30. The Bertz CT molecular complexity index is 3440. The van der Waals surface area contributed by atoms with Crippen LogP contribution in [0.3, 0.4) is 0 Å². The summed E-state index contributed by atoms with van der Waals surface area (Å²) in [6, 6.07) is -1.91. The van der Waals surface area contributed by atoms with E-state index in [9.17, 15) is 43.9 Å². The van der Waals surface area contributed by atoms with Crippen LogP contribution in [0.2, 0.25) is 0 Å². The third-order valence-electron chi connectivity index (χ3n) is 11.4. The fourth-order valence-electron chi connectivity index (χ4n) is 7.94. The number of hydrogen-bond donors (Lipinski definition) is 1. The lowest BCUT2D eigenvalue weighted by molar-refractivity contribution is 0.380. The molecule has 0 heterocycles. The van der Waals surface area contributed by atoms with Crippen LogP contribution >= 0.6 is 0 Å². The van der Waals surface area contributed by atoms with Gasteiger partial charge in [-0.05, 0) is 46.5 Å². The highest BCUT2D eigenvalue weighted by atomic mass is 19.2. The molecule has 8 aromatic carbocycles. The lowest BCUT2D eigenvalue weighted by Gasteiger charge is -2.24. The van der Waals surface area contributed by atoms with Crippen LogP contribution in [0.15, 0.2) is 24.3 Å². The SMILES string of the molecule is Fc1c(F)c(F)c(-c2cc(Nc3cc(-c4c(F)c(F)c(F)c(F)c4F)c(-c4c(F)c(F)c(F)c(F)c4F)c(-c4c(F)c(F)c(F)c(F)c4F)c3)cc(-c3c(F)c(F)c(F)c(F)c3F)c2-c2c(F)c(F)c(F)c(F)c2F)c(F)c1F. The molecular weight excluding hydrogens is 1160 g/mol. The van der Waals surface area contributed by atoms with E-state index in [2.05, 4.69) is 0 Å². The van der Waals surface area contributed by atoms with E-state index in [1.807, 2.05) is 0 Å². The fraction of sp³-hybridized carbons (Fsp3) is 0. The van der Waals surface area contributed by atoms with Gasteiger partial charge >= 0.3 is 0 Å². The lowest BCUT2D eigenvalue weighted by Crippen LogP contribution is -2.11. The second-order valence-corrected chi connectivity index (χ2v) is 15.7. The Kier molecular flexibility index (Phi) is 14.1. The number of anilines is 2.